The Morgan fingerprint density at radius 3 is 1.14 bits per heavy atom. The third-order valence-corrected chi connectivity index (χ3v) is 13.4. The highest BCUT2D eigenvalue weighted by Crippen LogP contribution is 2.43. The van der Waals surface area contributed by atoms with E-state index in [2.05, 4.69) is 111 Å². The van der Waals surface area contributed by atoms with Gasteiger partial charge in [0.2, 0.25) is 0 Å². The molecule has 2 unspecified atom stereocenters. The van der Waals surface area contributed by atoms with E-state index in [1.54, 1.807) is 0 Å². The van der Waals surface area contributed by atoms with Crippen LogP contribution in [0.2, 0.25) is 0 Å². The monoisotopic (exact) mass is 1040 g/mol. The molecule has 0 saturated carbocycles. The maximum Gasteiger partial charge on any atom is 0.472 e. The zero-order chi connectivity index (χ0) is 53.1. The fourth-order valence-corrected chi connectivity index (χ4v) is 8.85. The van der Waals surface area contributed by atoms with Crippen molar-refractivity contribution in [2.45, 2.75) is 264 Å². The Kier molecular flexibility index (Phi) is 55.7. The van der Waals surface area contributed by atoms with E-state index in [1.807, 2.05) is 0 Å². The van der Waals surface area contributed by atoms with E-state index in [0.29, 0.717) is 6.42 Å². The Morgan fingerprint density at radius 2 is 0.753 bits per heavy atom. The van der Waals surface area contributed by atoms with Crippen LogP contribution in [-0.2, 0) is 32.7 Å². The van der Waals surface area contributed by atoms with E-state index in [0.717, 1.165) is 89.9 Å². The third-order valence-electron chi connectivity index (χ3n) is 12.5. The van der Waals surface area contributed by atoms with Gasteiger partial charge >= 0.3 is 19.8 Å². The standard InChI is InChI=1S/C63H110NO8P/c1-3-5-7-9-11-13-15-17-19-21-23-25-27-28-29-30-31-32-34-36-38-40-42-44-46-48-50-52-54-56-63(66)72-61(60-71-73(67,68)70-58-57-64)59-69-62(65)55-53-51-49-47-45-43-41-39-37-35-33-26-24-22-20-18-16-14-12-10-8-6-4-2/h5,7,11,13,17,19,22-25,28-29,31-32,36,38,61H,3-4,6,8-10,12,14-16,18,20-21,26-27,30,33-35,37,39-60,64H2,1-2H3,(H,67,68)/b7-5-,13-11-,19-17-,24-22-,25-23-,29-28-,32-31-,38-36-. The van der Waals surface area contributed by atoms with Gasteiger partial charge in [-0.25, -0.2) is 4.57 Å². The van der Waals surface area contributed by atoms with Gasteiger partial charge in [-0.3, -0.25) is 18.6 Å². The minimum Gasteiger partial charge on any atom is -0.462 e. The second-order valence-corrected chi connectivity index (χ2v) is 20.9. The number of phosphoric acid groups is 1. The summed E-state index contributed by atoms with van der Waals surface area (Å²) in [5, 5.41) is 0. The number of phosphoric ester groups is 1. The summed E-state index contributed by atoms with van der Waals surface area (Å²) in [4.78, 5) is 35.2. The lowest BCUT2D eigenvalue weighted by Gasteiger charge is -2.19. The molecule has 0 amide bonds. The lowest BCUT2D eigenvalue weighted by atomic mass is 10.0. The zero-order valence-electron chi connectivity index (χ0n) is 46.8. The molecule has 0 aromatic carbocycles. The largest absolute Gasteiger partial charge is 0.472 e. The van der Waals surface area contributed by atoms with Crippen molar-refractivity contribution in [2.24, 2.45) is 5.73 Å². The zero-order valence-corrected chi connectivity index (χ0v) is 47.7. The van der Waals surface area contributed by atoms with Crippen molar-refractivity contribution in [3.05, 3.63) is 97.2 Å². The highest BCUT2D eigenvalue weighted by atomic mass is 31.2. The quantitative estimate of drug-likeness (QED) is 0.0264. The number of esters is 2. The van der Waals surface area contributed by atoms with Crippen molar-refractivity contribution in [1.29, 1.82) is 0 Å². The number of allylic oxidation sites excluding steroid dienone is 16. The van der Waals surface area contributed by atoms with Gasteiger partial charge < -0.3 is 20.1 Å². The molecule has 0 spiro atoms. The Morgan fingerprint density at radius 1 is 0.425 bits per heavy atom. The average molecular weight is 1040 g/mol. The number of carbonyl (C=O) groups is 2. The van der Waals surface area contributed by atoms with Crippen molar-refractivity contribution in [2.75, 3.05) is 26.4 Å². The summed E-state index contributed by atoms with van der Waals surface area (Å²) < 4.78 is 33.1. The van der Waals surface area contributed by atoms with Crippen LogP contribution in [-0.4, -0.2) is 49.3 Å². The Hall–Kier alpha value is -3.07. The first-order valence-electron chi connectivity index (χ1n) is 29.7. The van der Waals surface area contributed by atoms with Crippen LogP contribution < -0.4 is 5.73 Å². The van der Waals surface area contributed by atoms with Crippen LogP contribution in [0.25, 0.3) is 0 Å². The molecular formula is C63H110NO8P. The van der Waals surface area contributed by atoms with E-state index in [-0.39, 0.29) is 38.6 Å². The molecule has 9 nitrogen and oxygen atoms in total. The summed E-state index contributed by atoms with van der Waals surface area (Å²) in [6.07, 6.45) is 77.4. The van der Waals surface area contributed by atoms with Gasteiger partial charge in [-0.2, -0.15) is 0 Å². The van der Waals surface area contributed by atoms with Crippen LogP contribution in [0.5, 0.6) is 0 Å². The molecule has 2 atom stereocenters. The predicted octanol–water partition coefficient (Wildman–Crippen LogP) is 18.8. The fourth-order valence-electron chi connectivity index (χ4n) is 8.08. The van der Waals surface area contributed by atoms with Gasteiger partial charge in [-0.15, -0.1) is 0 Å². The van der Waals surface area contributed by atoms with Gasteiger partial charge in [-0.05, 0) is 96.3 Å². The van der Waals surface area contributed by atoms with Crippen LogP contribution in [0.3, 0.4) is 0 Å². The minimum absolute atomic E-state index is 0.0471. The lowest BCUT2D eigenvalue weighted by molar-refractivity contribution is -0.161. The molecule has 0 heterocycles. The summed E-state index contributed by atoms with van der Waals surface area (Å²) >= 11 is 0. The first-order valence-corrected chi connectivity index (χ1v) is 31.2. The van der Waals surface area contributed by atoms with Crippen molar-refractivity contribution in [3.63, 3.8) is 0 Å². The van der Waals surface area contributed by atoms with Crippen molar-refractivity contribution in [3.8, 4) is 0 Å². The van der Waals surface area contributed by atoms with Crippen molar-refractivity contribution >= 4 is 19.8 Å². The molecule has 0 aliphatic carbocycles. The van der Waals surface area contributed by atoms with Gasteiger partial charge in [0.1, 0.15) is 6.61 Å². The summed E-state index contributed by atoms with van der Waals surface area (Å²) in [5.41, 5.74) is 5.38. The molecular weight excluding hydrogens is 930 g/mol. The number of unbranched alkanes of at least 4 members (excludes halogenated alkanes) is 26. The van der Waals surface area contributed by atoms with E-state index in [1.165, 1.54) is 135 Å². The molecule has 0 bridgehead atoms. The first kappa shape index (κ1) is 69.9. The number of carbonyl (C=O) groups excluding carboxylic acids is 2. The van der Waals surface area contributed by atoms with Gasteiger partial charge in [-0.1, -0.05) is 246 Å². The highest BCUT2D eigenvalue weighted by molar-refractivity contribution is 7.47. The van der Waals surface area contributed by atoms with E-state index in [9.17, 15) is 19.0 Å². The maximum atomic E-state index is 12.7. The Bertz CT molecular complexity index is 1510. The molecule has 0 aromatic rings. The highest BCUT2D eigenvalue weighted by Gasteiger charge is 2.26. The predicted molar refractivity (Wildman–Crippen MR) is 312 cm³/mol. The topological polar surface area (TPSA) is 134 Å². The van der Waals surface area contributed by atoms with Gasteiger partial charge in [0.15, 0.2) is 6.10 Å². The molecule has 0 aliphatic rings. The Balaban J connectivity index is 4.03. The Labute approximate surface area is 448 Å². The molecule has 10 heteroatoms. The van der Waals surface area contributed by atoms with Crippen LogP contribution in [0.4, 0.5) is 0 Å². The second kappa shape index (κ2) is 58.2. The van der Waals surface area contributed by atoms with Gasteiger partial charge in [0.25, 0.3) is 0 Å². The summed E-state index contributed by atoms with van der Waals surface area (Å²) in [6.45, 7) is 3.63. The SMILES string of the molecule is CC/C=C\C/C=C\C/C=C\C/C=C\C/C=C\C/C=C\C/C=C\CCCCCCCCCC(=O)OC(COC(=O)CCCCCCCCCCCCC/C=C\CCCCCCCCCC)COP(=O)(O)OCCN. The lowest BCUT2D eigenvalue weighted by Crippen LogP contribution is -2.29. The van der Waals surface area contributed by atoms with Crippen LogP contribution in [0, 0.1) is 0 Å². The third kappa shape index (κ3) is 58.1. The molecule has 3 N–H and O–H groups in total. The normalized spacial score (nSPS) is 13.8. The van der Waals surface area contributed by atoms with E-state index < -0.39 is 26.5 Å². The molecule has 0 saturated heterocycles. The fraction of sp³-hybridized carbons (Fsp3) is 0.714. The first-order chi connectivity index (χ1) is 35.8. The van der Waals surface area contributed by atoms with Gasteiger partial charge in [0.05, 0.1) is 13.2 Å². The van der Waals surface area contributed by atoms with E-state index >= 15 is 0 Å². The molecule has 0 aliphatic heterocycles. The molecule has 0 radical (unpaired) electrons. The number of hydrogen-bond acceptors (Lipinski definition) is 8. The van der Waals surface area contributed by atoms with Crippen LogP contribution in [0.15, 0.2) is 97.2 Å². The number of ether oxygens (including phenoxy) is 2. The molecule has 73 heavy (non-hydrogen) atoms. The number of hydrogen-bond donors (Lipinski definition) is 2. The summed E-state index contributed by atoms with van der Waals surface area (Å²) in [5.74, 6) is -0.841. The van der Waals surface area contributed by atoms with Crippen molar-refractivity contribution in [1.82, 2.24) is 0 Å². The average Bonchev–Trinajstić information content (AvgIpc) is 3.38. The van der Waals surface area contributed by atoms with Crippen molar-refractivity contribution < 1.29 is 37.6 Å². The smallest absolute Gasteiger partial charge is 0.462 e. The number of rotatable bonds is 55. The molecule has 0 rings (SSSR count). The minimum atomic E-state index is -4.40. The van der Waals surface area contributed by atoms with Crippen LogP contribution >= 0.6 is 7.82 Å². The second-order valence-electron chi connectivity index (χ2n) is 19.5. The summed E-state index contributed by atoms with van der Waals surface area (Å²) in [7, 11) is -4.40. The number of nitrogens with two attached hydrogens (primary N) is 1. The molecule has 0 aromatic heterocycles. The molecule has 420 valence electrons. The van der Waals surface area contributed by atoms with Gasteiger partial charge in [0, 0.05) is 19.4 Å². The summed E-state index contributed by atoms with van der Waals surface area (Å²) in [6, 6.07) is 0. The van der Waals surface area contributed by atoms with Crippen LogP contribution in [0.1, 0.15) is 258 Å². The molecule has 0 fully saturated rings. The maximum absolute atomic E-state index is 12.7. The van der Waals surface area contributed by atoms with E-state index in [4.69, 9.17) is 24.3 Å².